The molecule has 0 aliphatic rings. The van der Waals surface area contributed by atoms with E-state index in [2.05, 4.69) is 4.98 Å². The number of esters is 1. The van der Waals surface area contributed by atoms with Crippen LogP contribution in [0.2, 0.25) is 0 Å². The Balaban J connectivity index is 2.40. The third kappa shape index (κ3) is 6.01. The van der Waals surface area contributed by atoms with E-state index in [1.807, 2.05) is 6.92 Å². The lowest BCUT2D eigenvalue weighted by Crippen LogP contribution is -2.45. The van der Waals surface area contributed by atoms with E-state index in [4.69, 9.17) is 9.47 Å². The summed E-state index contributed by atoms with van der Waals surface area (Å²) in [6.45, 7) is 4.05. The third-order valence-corrected chi connectivity index (χ3v) is 6.34. The zero-order valence-electron chi connectivity index (χ0n) is 17.1. The van der Waals surface area contributed by atoms with Gasteiger partial charge in [0.05, 0.1) is 18.6 Å². The van der Waals surface area contributed by atoms with Gasteiger partial charge < -0.3 is 9.47 Å². The molecule has 1 heterocycles. The number of ether oxygens (including phenoxy) is 2. The highest BCUT2D eigenvalue weighted by molar-refractivity contribution is 7.89. The fourth-order valence-corrected chi connectivity index (χ4v) is 4.46. The Hall–Kier alpha value is -2.45. The van der Waals surface area contributed by atoms with Crippen molar-refractivity contribution < 1.29 is 22.7 Å². The Labute approximate surface area is 172 Å². The van der Waals surface area contributed by atoms with Gasteiger partial charge in [0.2, 0.25) is 10.0 Å². The van der Waals surface area contributed by atoms with Crippen molar-refractivity contribution in [2.75, 3.05) is 13.7 Å². The van der Waals surface area contributed by atoms with Gasteiger partial charge in [-0.25, -0.2) is 8.42 Å². The minimum atomic E-state index is -3.96. The van der Waals surface area contributed by atoms with Crippen LogP contribution in [0.4, 0.5) is 0 Å². The number of aromatic nitrogens is 1. The van der Waals surface area contributed by atoms with Gasteiger partial charge in [-0.05, 0) is 48.7 Å². The number of sulfonamides is 1. The lowest BCUT2D eigenvalue weighted by atomic mass is 10.2. The number of carbonyl (C=O) groups is 1. The Morgan fingerprint density at radius 2 is 1.90 bits per heavy atom. The fourth-order valence-electron chi connectivity index (χ4n) is 2.82. The SMILES string of the molecule is CCCCOC(=O)[C@H](CC)N(Cc1cccnc1)S(=O)(=O)c1ccc(OC)cc1. The van der Waals surface area contributed by atoms with Crippen molar-refractivity contribution >= 4 is 16.0 Å². The van der Waals surface area contributed by atoms with Crippen LogP contribution in [0.1, 0.15) is 38.7 Å². The highest BCUT2D eigenvalue weighted by Gasteiger charge is 2.36. The van der Waals surface area contributed by atoms with E-state index in [0.29, 0.717) is 17.7 Å². The van der Waals surface area contributed by atoms with E-state index in [9.17, 15) is 13.2 Å². The summed E-state index contributed by atoms with van der Waals surface area (Å²) in [6, 6.07) is 8.68. The largest absolute Gasteiger partial charge is 0.497 e. The second-order valence-electron chi connectivity index (χ2n) is 6.53. The van der Waals surface area contributed by atoms with Gasteiger partial charge in [-0.3, -0.25) is 9.78 Å². The molecule has 0 amide bonds. The quantitative estimate of drug-likeness (QED) is 0.409. The van der Waals surface area contributed by atoms with Gasteiger partial charge in [-0.1, -0.05) is 26.3 Å². The number of methoxy groups -OCH3 is 1. The summed E-state index contributed by atoms with van der Waals surface area (Å²) in [5, 5.41) is 0. The first-order valence-electron chi connectivity index (χ1n) is 9.65. The van der Waals surface area contributed by atoms with Gasteiger partial charge in [0.25, 0.3) is 0 Å². The van der Waals surface area contributed by atoms with Gasteiger partial charge in [0.15, 0.2) is 0 Å². The predicted molar refractivity (Wildman–Crippen MR) is 110 cm³/mol. The molecule has 0 unspecified atom stereocenters. The van der Waals surface area contributed by atoms with Gasteiger partial charge in [-0.2, -0.15) is 4.31 Å². The first-order valence-corrected chi connectivity index (χ1v) is 11.1. The van der Waals surface area contributed by atoms with Crippen LogP contribution in [0.5, 0.6) is 5.75 Å². The maximum Gasteiger partial charge on any atom is 0.324 e. The molecule has 1 aromatic carbocycles. The topological polar surface area (TPSA) is 85.8 Å². The van der Waals surface area contributed by atoms with E-state index < -0.39 is 22.0 Å². The molecule has 0 aliphatic heterocycles. The summed E-state index contributed by atoms with van der Waals surface area (Å²) in [5.41, 5.74) is 0.685. The average molecular weight is 421 g/mol. The van der Waals surface area contributed by atoms with E-state index in [0.717, 1.165) is 12.8 Å². The standard InChI is InChI=1S/C21H28N2O5S/c1-4-6-14-28-21(24)20(5-2)23(16-17-8-7-13-22-15-17)29(25,26)19-11-9-18(27-3)10-12-19/h7-13,15,20H,4-6,14,16H2,1-3H3/t20-/m0/s1. The number of hydrogen-bond acceptors (Lipinski definition) is 6. The molecule has 0 fully saturated rings. The molecule has 8 heteroatoms. The van der Waals surface area contributed by atoms with Crippen LogP contribution in [0.15, 0.2) is 53.7 Å². The number of pyridine rings is 1. The molecular weight excluding hydrogens is 392 g/mol. The first-order chi connectivity index (χ1) is 13.9. The molecule has 158 valence electrons. The normalized spacial score (nSPS) is 12.6. The minimum absolute atomic E-state index is 0.0174. The number of hydrogen-bond donors (Lipinski definition) is 0. The molecule has 1 aromatic heterocycles. The number of benzene rings is 1. The summed E-state index contributed by atoms with van der Waals surface area (Å²) in [7, 11) is -2.45. The predicted octanol–water partition coefficient (Wildman–Crippen LogP) is 3.40. The van der Waals surface area contributed by atoms with Crippen molar-refractivity contribution in [3.8, 4) is 5.75 Å². The van der Waals surface area contributed by atoms with Gasteiger partial charge in [-0.15, -0.1) is 0 Å². The van der Waals surface area contributed by atoms with Gasteiger partial charge in [0.1, 0.15) is 11.8 Å². The second-order valence-corrected chi connectivity index (χ2v) is 8.42. The molecule has 0 N–H and O–H groups in total. The molecule has 0 aliphatic carbocycles. The molecular formula is C21H28N2O5S. The Bertz CT molecular complexity index is 870. The lowest BCUT2D eigenvalue weighted by molar-refractivity contribution is -0.148. The molecule has 7 nitrogen and oxygen atoms in total. The molecule has 2 rings (SSSR count). The maximum absolute atomic E-state index is 13.4. The van der Waals surface area contributed by atoms with E-state index in [1.165, 1.54) is 23.5 Å². The van der Waals surface area contributed by atoms with Crippen molar-refractivity contribution in [1.29, 1.82) is 0 Å². The van der Waals surface area contributed by atoms with Crippen molar-refractivity contribution in [2.24, 2.45) is 0 Å². The zero-order valence-corrected chi connectivity index (χ0v) is 17.9. The number of unbranched alkanes of at least 4 members (excludes halogenated alkanes) is 1. The monoisotopic (exact) mass is 420 g/mol. The summed E-state index contributed by atoms with van der Waals surface area (Å²) >= 11 is 0. The lowest BCUT2D eigenvalue weighted by Gasteiger charge is -2.29. The van der Waals surface area contributed by atoms with E-state index in [1.54, 1.807) is 43.6 Å². The molecule has 29 heavy (non-hydrogen) atoms. The van der Waals surface area contributed by atoms with Crippen LogP contribution in [-0.4, -0.2) is 43.4 Å². The van der Waals surface area contributed by atoms with Crippen molar-refractivity contribution in [2.45, 2.75) is 50.6 Å². The summed E-state index contributed by atoms with van der Waals surface area (Å²) in [6.07, 6.45) is 5.11. The maximum atomic E-state index is 13.4. The Kier molecular flexibility index (Phi) is 8.60. The van der Waals surface area contributed by atoms with Crippen molar-refractivity contribution in [1.82, 2.24) is 9.29 Å². The molecule has 0 radical (unpaired) electrons. The highest BCUT2D eigenvalue weighted by atomic mass is 32.2. The number of carbonyl (C=O) groups excluding carboxylic acids is 1. The fraction of sp³-hybridized carbons (Fsp3) is 0.429. The van der Waals surface area contributed by atoms with Crippen LogP contribution in [0.25, 0.3) is 0 Å². The second kappa shape index (κ2) is 10.9. The molecule has 1 atom stereocenters. The van der Waals surface area contributed by atoms with Crippen LogP contribution in [0, 0.1) is 0 Å². The minimum Gasteiger partial charge on any atom is -0.497 e. The third-order valence-electron chi connectivity index (χ3n) is 4.48. The summed E-state index contributed by atoms with van der Waals surface area (Å²) < 4.78 is 38.5. The van der Waals surface area contributed by atoms with Crippen LogP contribution < -0.4 is 4.74 Å². The van der Waals surface area contributed by atoms with E-state index >= 15 is 0 Å². The van der Waals surface area contributed by atoms with Crippen LogP contribution >= 0.6 is 0 Å². The van der Waals surface area contributed by atoms with Crippen LogP contribution in [0.3, 0.4) is 0 Å². The van der Waals surface area contributed by atoms with Crippen molar-refractivity contribution in [3.05, 3.63) is 54.4 Å². The van der Waals surface area contributed by atoms with Crippen molar-refractivity contribution in [3.63, 3.8) is 0 Å². The number of rotatable bonds is 11. The zero-order chi connectivity index (χ0) is 21.3. The summed E-state index contributed by atoms with van der Waals surface area (Å²) in [5.74, 6) is 0.00991. The first kappa shape index (κ1) is 22.8. The Morgan fingerprint density at radius 1 is 1.17 bits per heavy atom. The van der Waals surface area contributed by atoms with Gasteiger partial charge >= 0.3 is 5.97 Å². The van der Waals surface area contributed by atoms with Gasteiger partial charge in [0, 0.05) is 18.9 Å². The molecule has 0 spiro atoms. The highest BCUT2D eigenvalue weighted by Crippen LogP contribution is 2.25. The van der Waals surface area contributed by atoms with E-state index in [-0.39, 0.29) is 18.0 Å². The average Bonchev–Trinajstić information content (AvgIpc) is 2.74. The number of nitrogens with zero attached hydrogens (tertiary/aromatic N) is 2. The summed E-state index contributed by atoms with van der Waals surface area (Å²) in [4.78, 5) is 16.8. The molecule has 0 saturated heterocycles. The van der Waals surface area contributed by atoms with Crippen LogP contribution in [-0.2, 0) is 26.1 Å². The molecule has 2 aromatic rings. The Morgan fingerprint density at radius 3 is 2.45 bits per heavy atom. The molecule has 0 bridgehead atoms. The smallest absolute Gasteiger partial charge is 0.324 e. The molecule has 0 saturated carbocycles.